The number of nitrogens with one attached hydrogen (secondary N) is 1. The predicted molar refractivity (Wildman–Crippen MR) is 71.2 cm³/mol. The molecule has 0 aromatic carbocycles. The molecule has 0 radical (unpaired) electrons. The van der Waals surface area contributed by atoms with Gasteiger partial charge in [-0.1, -0.05) is 19.8 Å². The summed E-state index contributed by atoms with van der Waals surface area (Å²) in [5.74, 6) is 0.519. The molecule has 2 aliphatic rings. The molecule has 1 saturated heterocycles. The minimum atomic E-state index is -0.489. The van der Waals surface area contributed by atoms with Crippen molar-refractivity contribution in [1.29, 1.82) is 0 Å². The molecule has 1 aliphatic heterocycles. The highest BCUT2D eigenvalue weighted by Gasteiger charge is 2.38. The Bertz CT molecular complexity index is 290. The molecule has 2 fully saturated rings. The summed E-state index contributed by atoms with van der Waals surface area (Å²) in [6, 6.07) is 0. The van der Waals surface area contributed by atoms with E-state index in [0.29, 0.717) is 5.92 Å². The van der Waals surface area contributed by atoms with Crippen LogP contribution >= 0.6 is 0 Å². The van der Waals surface area contributed by atoms with Crippen LogP contribution in [-0.2, 0) is 9.53 Å². The lowest BCUT2D eigenvalue weighted by Gasteiger charge is -2.32. The number of carbonyl (C=O) groups is 1. The van der Waals surface area contributed by atoms with E-state index < -0.39 is 5.54 Å². The van der Waals surface area contributed by atoms with E-state index >= 15 is 0 Å². The maximum Gasteiger partial charge on any atom is 0.237 e. The fourth-order valence-corrected chi connectivity index (χ4v) is 3.14. The number of hydrogen-bond donors (Lipinski definition) is 2. The summed E-state index contributed by atoms with van der Waals surface area (Å²) in [6.07, 6.45) is 7.61. The van der Waals surface area contributed by atoms with Crippen molar-refractivity contribution >= 4 is 5.91 Å². The molecule has 1 saturated carbocycles. The second-order valence-electron chi connectivity index (χ2n) is 6.00. The number of rotatable bonds is 4. The van der Waals surface area contributed by atoms with Gasteiger partial charge in [0, 0.05) is 13.2 Å². The van der Waals surface area contributed by atoms with Gasteiger partial charge < -0.3 is 15.8 Å². The number of carbonyl (C=O) groups excluding carboxylic acids is 1. The first-order valence-corrected chi connectivity index (χ1v) is 7.29. The third-order valence-electron chi connectivity index (χ3n) is 4.53. The standard InChI is InChI=1S/C14H26N2O2/c1-11-4-2-7-14(8-6-11,13(15)17)16-10-12-5-3-9-18-12/h11-12,16H,2-10H2,1H3,(H2,15,17). The predicted octanol–water partition coefficient (Wildman–Crippen LogP) is 1.58. The number of nitrogens with two attached hydrogens (primary N) is 1. The fourth-order valence-electron chi connectivity index (χ4n) is 3.14. The summed E-state index contributed by atoms with van der Waals surface area (Å²) >= 11 is 0. The van der Waals surface area contributed by atoms with Crippen molar-refractivity contribution in [3.05, 3.63) is 0 Å². The molecular weight excluding hydrogens is 228 g/mol. The quantitative estimate of drug-likeness (QED) is 0.749. The number of ether oxygens (including phenoxy) is 1. The Kier molecular flexibility index (Phi) is 4.62. The molecule has 0 bridgehead atoms. The molecule has 1 aliphatic carbocycles. The van der Waals surface area contributed by atoms with Crippen molar-refractivity contribution < 1.29 is 9.53 Å². The second-order valence-corrected chi connectivity index (χ2v) is 6.00. The van der Waals surface area contributed by atoms with Crippen molar-refractivity contribution in [3.63, 3.8) is 0 Å². The average Bonchev–Trinajstić information content (AvgIpc) is 2.77. The Morgan fingerprint density at radius 1 is 1.33 bits per heavy atom. The van der Waals surface area contributed by atoms with Crippen molar-refractivity contribution in [2.45, 2.75) is 63.5 Å². The van der Waals surface area contributed by atoms with E-state index in [1.807, 2.05) is 0 Å². The molecule has 2 rings (SSSR count). The molecule has 1 amide bonds. The summed E-state index contributed by atoms with van der Waals surface area (Å²) < 4.78 is 5.61. The van der Waals surface area contributed by atoms with Gasteiger partial charge in [-0.15, -0.1) is 0 Å². The van der Waals surface area contributed by atoms with Crippen LogP contribution in [0.25, 0.3) is 0 Å². The van der Waals surface area contributed by atoms with Crippen molar-refractivity contribution in [2.75, 3.05) is 13.2 Å². The third kappa shape index (κ3) is 3.23. The largest absolute Gasteiger partial charge is 0.377 e. The SMILES string of the molecule is CC1CCCC(NCC2CCCO2)(C(N)=O)CC1. The maximum absolute atomic E-state index is 11.9. The van der Waals surface area contributed by atoms with Crippen molar-refractivity contribution in [2.24, 2.45) is 11.7 Å². The molecule has 0 aromatic heterocycles. The molecule has 104 valence electrons. The van der Waals surface area contributed by atoms with Crippen LogP contribution in [0.15, 0.2) is 0 Å². The van der Waals surface area contributed by atoms with E-state index in [0.717, 1.165) is 51.7 Å². The highest BCUT2D eigenvalue weighted by atomic mass is 16.5. The lowest BCUT2D eigenvalue weighted by molar-refractivity contribution is -0.125. The smallest absolute Gasteiger partial charge is 0.237 e. The highest BCUT2D eigenvalue weighted by Crippen LogP contribution is 2.30. The first-order chi connectivity index (χ1) is 8.62. The van der Waals surface area contributed by atoms with Crippen LogP contribution in [0.5, 0.6) is 0 Å². The van der Waals surface area contributed by atoms with Gasteiger partial charge in [-0.3, -0.25) is 4.79 Å². The van der Waals surface area contributed by atoms with E-state index in [9.17, 15) is 4.79 Å². The normalized spacial score (nSPS) is 37.4. The lowest BCUT2D eigenvalue weighted by Crippen LogP contribution is -2.56. The average molecular weight is 254 g/mol. The highest BCUT2D eigenvalue weighted by molar-refractivity contribution is 5.84. The van der Waals surface area contributed by atoms with Gasteiger partial charge in [0.25, 0.3) is 0 Å². The number of hydrogen-bond acceptors (Lipinski definition) is 3. The van der Waals surface area contributed by atoms with Gasteiger partial charge in [0.1, 0.15) is 0 Å². The monoisotopic (exact) mass is 254 g/mol. The Morgan fingerprint density at radius 2 is 2.17 bits per heavy atom. The molecule has 3 N–H and O–H groups in total. The minimum Gasteiger partial charge on any atom is -0.377 e. The zero-order valence-electron chi connectivity index (χ0n) is 11.4. The van der Waals surface area contributed by atoms with Gasteiger partial charge in [0.2, 0.25) is 5.91 Å². The third-order valence-corrected chi connectivity index (χ3v) is 4.53. The van der Waals surface area contributed by atoms with Gasteiger partial charge in [0.05, 0.1) is 11.6 Å². The molecular formula is C14H26N2O2. The molecule has 1 heterocycles. The van der Waals surface area contributed by atoms with Gasteiger partial charge in [0.15, 0.2) is 0 Å². The fraction of sp³-hybridized carbons (Fsp3) is 0.929. The maximum atomic E-state index is 11.9. The topological polar surface area (TPSA) is 64.3 Å². The number of primary amides is 1. The van der Waals surface area contributed by atoms with Crippen LogP contribution in [0.3, 0.4) is 0 Å². The van der Waals surface area contributed by atoms with Crippen LogP contribution in [-0.4, -0.2) is 30.7 Å². The summed E-state index contributed by atoms with van der Waals surface area (Å²) in [5, 5.41) is 3.44. The molecule has 0 spiro atoms. The van der Waals surface area contributed by atoms with Crippen LogP contribution < -0.4 is 11.1 Å². The molecule has 3 atom stereocenters. The summed E-state index contributed by atoms with van der Waals surface area (Å²) in [4.78, 5) is 11.9. The Morgan fingerprint density at radius 3 is 2.83 bits per heavy atom. The lowest BCUT2D eigenvalue weighted by atomic mass is 9.88. The number of amides is 1. The van der Waals surface area contributed by atoms with Crippen LogP contribution in [0.4, 0.5) is 0 Å². The molecule has 3 unspecified atom stereocenters. The van der Waals surface area contributed by atoms with E-state index in [4.69, 9.17) is 10.5 Å². The molecule has 0 aromatic rings. The van der Waals surface area contributed by atoms with Crippen LogP contribution in [0, 0.1) is 5.92 Å². The van der Waals surface area contributed by atoms with Gasteiger partial charge in [-0.05, 0) is 38.0 Å². The van der Waals surface area contributed by atoms with Gasteiger partial charge in [-0.2, -0.15) is 0 Å². The first kappa shape index (κ1) is 13.8. The van der Waals surface area contributed by atoms with E-state index in [-0.39, 0.29) is 12.0 Å². The Labute approximate surface area is 110 Å². The van der Waals surface area contributed by atoms with E-state index in [1.54, 1.807) is 0 Å². The summed E-state index contributed by atoms with van der Waals surface area (Å²) in [5.41, 5.74) is 5.17. The minimum absolute atomic E-state index is 0.186. The van der Waals surface area contributed by atoms with Gasteiger partial charge >= 0.3 is 0 Å². The van der Waals surface area contributed by atoms with Crippen LogP contribution in [0.1, 0.15) is 51.9 Å². The zero-order chi connectivity index (χ0) is 13.0. The first-order valence-electron chi connectivity index (χ1n) is 7.29. The zero-order valence-corrected chi connectivity index (χ0v) is 11.4. The van der Waals surface area contributed by atoms with Crippen molar-refractivity contribution in [1.82, 2.24) is 5.32 Å². The summed E-state index contributed by atoms with van der Waals surface area (Å²) in [6.45, 7) is 3.88. The second kappa shape index (κ2) is 6.02. The van der Waals surface area contributed by atoms with Crippen LogP contribution in [0.2, 0.25) is 0 Å². The Balaban J connectivity index is 1.94. The molecule has 4 heteroatoms. The van der Waals surface area contributed by atoms with Crippen molar-refractivity contribution in [3.8, 4) is 0 Å². The van der Waals surface area contributed by atoms with E-state index in [1.165, 1.54) is 6.42 Å². The molecule has 4 nitrogen and oxygen atoms in total. The Hall–Kier alpha value is -0.610. The summed E-state index contributed by atoms with van der Waals surface area (Å²) in [7, 11) is 0. The molecule has 18 heavy (non-hydrogen) atoms. The van der Waals surface area contributed by atoms with Gasteiger partial charge in [-0.25, -0.2) is 0 Å². The van der Waals surface area contributed by atoms with E-state index in [2.05, 4.69) is 12.2 Å².